The number of nitrogens with zero attached hydrogens (tertiary/aromatic N) is 1. The molecule has 0 unspecified atom stereocenters. The summed E-state index contributed by atoms with van der Waals surface area (Å²) in [6.45, 7) is 3.48. The maximum absolute atomic E-state index is 12.8. The van der Waals surface area contributed by atoms with Crippen LogP contribution in [0.3, 0.4) is 0 Å². The molecule has 0 radical (unpaired) electrons. The highest BCUT2D eigenvalue weighted by atomic mass is 35.5. The number of halogens is 3. The number of benzene rings is 2. The lowest BCUT2D eigenvalue weighted by atomic mass is 10.0. The summed E-state index contributed by atoms with van der Waals surface area (Å²) in [5, 5.41) is 8.14. The van der Waals surface area contributed by atoms with Crippen molar-refractivity contribution in [2.45, 2.75) is 13.8 Å². The van der Waals surface area contributed by atoms with Crippen molar-refractivity contribution in [3.05, 3.63) is 68.4 Å². The molecule has 0 fully saturated rings. The average Bonchev–Trinajstić information content (AvgIpc) is 2.93. The third-order valence-electron chi connectivity index (χ3n) is 3.81. The summed E-state index contributed by atoms with van der Waals surface area (Å²) >= 11 is 18.6. The summed E-state index contributed by atoms with van der Waals surface area (Å²) in [7, 11) is 0. The summed E-state index contributed by atoms with van der Waals surface area (Å²) in [6.07, 6.45) is 0. The third-order valence-corrected chi connectivity index (χ3v) is 4.84. The molecule has 0 saturated heterocycles. The molecule has 0 aliphatic heterocycles. The van der Waals surface area contributed by atoms with Gasteiger partial charge in [0.1, 0.15) is 17.0 Å². The van der Waals surface area contributed by atoms with Gasteiger partial charge in [-0.05, 0) is 43.7 Å². The molecular weight excluding hydrogens is 383 g/mol. The summed E-state index contributed by atoms with van der Waals surface area (Å²) in [6, 6.07) is 10.4. The largest absolute Gasteiger partial charge is 0.360 e. The van der Waals surface area contributed by atoms with Crippen molar-refractivity contribution in [3.8, 4) is 11.3 Å². The number of anilines is 1. The SMILES string of the molecule is Cc1onc(-c2c(Cl)cccc2Cl)c1C(=O)Nc1cccc(Cl)c1C. The summed E-state index contributed by atoms with van der Waals surface area (Å²) in [5.41, 5.74) is 2.40. The summed E-state index contributed by atoms with van der Waals surface area (Å²) < 4.78 is 5.22. The molecule has 0 bridgehead atoms. The molecular formula is C18H13Cl3N2O2. The van der Waals surface area contributed by atoms with Crippen molar-refractivity contribution in [1.29, 1.82) is 0 Å². The maximum atomic E-state index is 12.8. The van der Waals surface area contributed by atoms with Gasteiger partial charge in [0, 0.05) is 16.3 Å². The van der Waals surface area contributed by atoms with Crippen LogP contribution >= 0.6 is 34.8 Å². The van der Waals surface area contributed by atoms with Gasteiger partial charge in [-0.3, -0.25) is 4.79 Å². The molecule has 0 spiro atoms. The van der Waals surface area contributed by atoms with Crippen LogP contribution < -0.4 is 5.32 Å². The van der Waals surface area contributed by atoms with Gasteiger partial charge < -0.3 is 9.84 Å². The van der Waals surface area contributed by atoms with E-state index in [9.17, 15) is 4.79 Å². The van der Waals surface area contributed by atoms with Crippen LogP contribution in [0.15, 0.2) is 40.9 Å². The minimum Gasteiger partial charge on any atom is -0.360 e. The Morgan fingerprint density at radius 2 is 1.60 bits per heavy atom. The third kappa shape index (κ3) is 3.38. The van der Waals surface area contributed by atoms with Crippen LogP contribution in [0.2, 0.25) is 15.1 Å². The van der Waals surface area contributed by atoms with E-state index in [1.54, 1.807) is 43.3 Å². The fourth-order valence-corrected chi connectivity index (χ4v) is 3.21. The fourth-order valence-electron chi connectivity index (χ4n) is 2.46. The highest BCUT2D eigenvalue weighted by Crippen LogP contribution is 2.37. The van der Waals surface area contributed by atoms with Gasteiger partial charge in [-0.1, -0.05) is 52.1 Å². The Hall–Kier alpha value is -2.01. The molecule has 1 aromatic heterocycles. The molecule has 3 rings (SSSR count). The van der Waals surface area contributed by atoms with Crippen LogP contribution in [0.25, 0.3) is 11.3 Å². The van der Waals surface area contributed by atoms with Crippen LogP contribution in [-0.4, -0.2) is 11.1 Å². The Balaban J connectivity index is 2.05. The van der Waals surface area contributed by atoms with E-state index in [0.29, 0.717) is 37.8 Å². The summed E-state index contributed by atoms with van der Waals surface area (Å²) in [4.78, 5) is 12.8. The van der Waals surface area contributed by atoms with Gasteiger partial charge in [0.15, 0.2) is 0 Å². The van der Waals surface area contributed by atoms with Crippen molar-refractivity contribution in [3.63, 3.8) is 0 Å². The Morgan fingerprint density at radius 1 is 1.00 bits per heavy atom. The number of carbonyl (C=O) groups is 1. The van der Waals surface area contributed by atoms with Gasteiger partial charge >= 0.3 is 0 Å². The van der Waals surface area contributed by atoms with E-state index in [2.05, 4.69) is 10.5 Å². The molecule has 0 saturated carbocycles. The number of rotatable bonds is 3. The number of amides is 1. The molecule has 3 aromatic rings. The molecule has 7 heteroatoms. The van der Waals surface area contributed by atoms with Crippen LogP contribution in [-0.2, 0) is 0 Å². The zero-order chi connectivity index (χ0) is 18.1. The smallest absolute Gasteiger partial charge is 0.261 e. The van der Waals surface area contributed by atoms with Gasteiger partial charge in [0.05, 0.1) is 10.0 Å². The van der Waals surface area contributed by atoms with Crippen molar-refractivity contribution in [2.24, 2.45) is 0 Å². The number of aryl methyl sites for hydroxylation is 1. The number of aromatic nitrogens is 1. The van der Waals surface area contributed by atoms with E-state index in [0.717, 1.165) is 5.56 Å². The Labute approximate surface area is 159 Å². The predicted molar refractivity (Wildman–Crippen MR) is 101 cm³/mol. The van der Waals surface area contributed by atoms with Crippen molar-refractivity contribution in [1.82, 2.24) is 5.16 Å². The Kier molecular flexibility index (Phi) is 5.04. The van der Waals surface area contributed by atoms with Gasteiger partial charge in [0.2, 0.25) is 0 Å². The first kappa shape index (κ1) is 17.8. The summed E-state index contributed by atoms with van der Waals surface area (Å²) in [5.74, 6) is -0.0155. The average molecular weight is 396 g/mol. The molecule has 25 heavy (non-hydrogen) atoms. The molecule has 0 atom stereocenters. The number of hydrogen-bond donors (Lipinski definition) is 1. The topological polar surface area (TPSA) is 55.1 Å². The first-order chi connectivity index (χ1) is 11.9. The van der Waals surface area contributed by atoms with Gasteiger partial charge in [-0.2, -0.15) is 0 Å². The van der Waals surface area contributed by atoms with Gasteiger partial charge in [-0.15, -0.1) is 0 Å². The fraction of sp³-hybridized carbons (Fsp3) is 0.111. The van der Waals surface area contributed by atoms with E-state index >= 15 is 0 Å². The Morgan fingerprint density at radius 3 is 2.28 bits per heavy atom. The quantitative estimate of drug-likeness (QED) is 0.577. The van der Waals surface area contributed by atoms with E-state index in [1.807, 2.05) is 6.92 Å². The predicted octanol–water partition coefficient (Wildman–Crippen LogP) is 6.17. The molecule has 0 aliphatic rings. The van der Waals surface area contributed by atoms with Crippen molar-refractivity contribution >= 4 is 46.4 Å². The lowest BCUT2D eigenvalue weighted by molar-refractivity contribution is 0.102. The minimum absolute atomic E-state index is 0.273. The molecule has 1 N–H and O–H groups in total. The van der Waals surface area contributed by atoms with Crippen LogP contribution in [0.4, 0.5) is 5.69 Å². The second-order valence-corrected chi connectivity index (χ2v) is 6.65. The maximum Gasteiger partial charge on any atom is 0.261 e. The van der Waals surface area contributed by atoms with Crippen LogP contribution in [0, 0.1) is 13.8 Å². The number of carbonyl (C=O) groups excluding carboxylic acids is 1. The molecule has 1 heterocycles. The molecule has 4 nitrogen and oxygen atoms in total. The molecule has 0 aliphatic carbocycles. The standard InChI is InChI=1S/C18H13Cl3N2O2/c1-9-11(19)5-4-8-14(9)22-18(24)15-10(2)25-23-17(15)16-12(20)6-3-7-13(16)21/h3-8H,1-2H3,(H,22,24). The highest BCUT2D eigenvalue weighted by molar-refractivity contribution is 6.39. The van der Waals surface area contributed by atoms with E-state index in [-0.39, 0.29) is 11.5 Å². The number of nitrogens with one attached hydrogen (secondary N) is 1. The lowest BCUT2D eigenvalue weighted by Gasteiger charge is -2.10. The van der Waals surface area contributed by atoms with E-state index in [4.69, 9.17) is 39.3 Å². The monoisotopic (exact) mass is 394 g/mol. The lowest BCUT2D eigenvalue weighted by Crippen LogP contribution is -2.14. The second-order valence-electron chi connectivity index (χ2n) is 5.43. The molecule has 2 aromatic carbocycles. The highest BCUT2D eigenvalue weighted by Gasteiger charge is 2.25. The van der Waals surface area contributed by atoms with Crippen LogP contribution in [0.5, 0.6) is 0 Å². The number of hydrogen-bond acceptors (Lipinski definition) is 3. The molecule has 128 valence electrons. The zero-order valence-corrected chi connectivity index (χ0v) is 15.6. The first-order valence-electron chi connectivity index (χ1n) is 7.37. The molecule has 1 amide bonds. The van der Waals surface area contributed by atoms with Gasteiger partial charge in [-0.25, -0.2) is 0 Å². The zero-order valence-electron chi connectivity index (χ0n) is 13.4. The van der Waals surface area contributed by atoms with Crippen LogP contribution in [0.1, 0.15) is 21.7 Å². The van der Waals surface area contributed by atoms with E-state index < -0.39 is 0 Å². The van der Waals surface area contributed by atoms with Crippen molar-refractivity contribution < 1.29 is 9.32 Å². The van der Waals surface area contributed by atoms with Crippen molar-refractivity contribution in [2.75, 3.05) is 5.32 Å². The normalized spacial score (nSPS) is 10.8. The second kappa shape index (κ2) is 7.08. The minimum atomic E-state index is -0.380. The first-order valence-corrected chi connectivity index (χ1v) is 8.50. The Bertz CT molecular complexity index is 947. The van der Waals surface area contributed by atoms with E-state index in [1.165, 1.54) is 0 Å². The van der Waals surface area contributed by atoms with Gasteiger partial charge in [0.25, 0.3) is 5.91 Å².